The molecule has 0 aliphatic carbocycles. The van der Waals surface area contributed by atoms with E-state index in [0.29, 0.717) is 23.0 Å². The van der Waals surface area contributed by atoms with E-state index >= 15 is 0 Å². The summed E-state index contributed by atoms with van der Waals surface area (Å²) in [5, 5.41) is 4.53. The minimum atomic E-state index is 0. The number of carbonyl (C=O) groups is 1. The van der Waals surface area contributed by atoms with Gasteiger partial charge in [0.1, 0.15) is 0 Å². The first kappa shape index (κ1) is 17.6. The quantitative estimate of drug-likeness (QED) is 0.806. The number of likely N-dealkylation sites (tertiary alicyclic amines) is 1. The Bertz CT molecular complexity index is 454. The molecule has 3 nitrogen and oxygen atoms in total. The Balaban J connectivity index is 0.00000200. The standard InChI is InChI=1S/C14H18Cl2N2O.ClH/c15-12-5-1-4-11(14(12)16)10-17-7-3-9-18-8-2-6-13(18)19;/h1,4-5,17H,2-3,6-10H2;1H. The predicted octanol–water partition coefficient (Wildman–Crippen LogP) is 3.52. The molecule has 1 aromatic carbocycles. The molecule has 0 unspecified atom stereocenters. The van der Waals surface area contributed by atoms with Gasteiger partial charge in [-0.1, -0.05) is 35.3 Å². The average Bonchev–Trinajstić information content (AvgIpc) is 2.80. The van der Waals surface area contributed by atoms with Gasteiger partial charge in [-0.25, -0.2) is 0 Å². The number of hydrogen-bond acceptors (Lipinski definition) is 2. The Morgan fingerprint density at radius 1 is 1.30 bits per heavy atom. The van der Waals surface area contributed by atoms with Crippen molar-refractivity contribution in [3.05, 3.63) is 33.8 Å². The zero-order chi connectivity index (χ0) is 13.7. The summed E-state index contributed by atoms with van der Waals surface area (Å²) in [7, 11) is 0. The van der Waals surface area contributed by atoms with E-state index in [1.165, 1.54) is 0 Å². The number of halogens is 3. The van der Waals surface area contributed by atoms with E-state index in [-0.39, 0.29) is 18.3 Å². The second-order valence-electron chi connectivity index (χ2n) is 4.73. The predicted molar refractivity (Wildman–Crippen MR) is 85.8 cm³/mol. The van der Waals surface area contributed by atoms with Crippen molar-refractivity contribution in [2.45, 2.75) is 25.8 Å². The molecule has 1 aromatic rings. The number of nitrogens with one attached hydrogen (secondary N) is 1. The van der Waals surface area contributed by atoms with Crippen LogP contribution in [0.4, 0.5) is 0 Å². The fourth-order valence-electron chi connectivity index (χ4n) is 2.24. The molecule has 0 spiro atoms. The van der Waals surface area contributed by atoms with E-state index < -0.39 is 0 Å². The Labute approximate surface area is 136 Å². The van der Waals surface area contributed by atoms with Crippen LogP contribution in [0.25, 0.3) is 0 Å². The number of hydrogen-bond donors (Lipinski definition) is 1. The molecule has 1 aliphatic heterocycles. The monoisotopic (exact) mass is 336 g/mol. The van der Waals surface area contributed by atoms with Gasteiger partial charge in [-0.05, 0) is 31.0 Å². The lowest BCUT2D eigenvalue weighted by molar-refractivity contribution is -0.127. The summed E-state index contributed by atoms with van der Waals surface area (Å²) in [5.41, 5.74) is 1.01. The largest absolute Gasteiger partial charge is 0.343 e. The molecule has 112 valence electrons. The highest BCUT2D eigenvalue weighted by molar-refractivity contribution is 6.42. The number of carbonyl (C=O) groups excluding carboxylic acids is 1. The second-order valence-corrected chi connectivity index (χ2v) is 5.51. The molecule has 1 amide bonds. The first-order chi connectivity index (χ1) is 9.18. The molecule has 0 aromatic heterocycles. The Morgan fingerprint density at radius 2 is 2.10 bits per heavy atom. The molecule has 2 rings (SSSR count). The van der Waals surface area contributed by atoms with Gasteiger partial charge in [0, 0.05) is 26.1 Å². The van der Waals surface area contributed by atoms with E-state index in [2.05, 4.69) is 5.32 Å². The molecule has 0 saturated carbocycles. The van der Waals surface area contributed by atoms with E-state index in [0.717, 1.165) is 38.0 Å². The third-order valence-corrected chi connectivity index (χ3v) is 4.16. The summed E-state index contributed by atoms with van der Waals surface area (Å²) >= 11 is 12.1. The van der Waals surface area contributed by atoms with Gasteiger partial charge in [0.15, 0.2) is 0 Å². The van der Waals surface area contributed by atoms with Crippen molar-refractivity contribution in [2.75, 3.05) is 19.6 Å². The highest BCUT2D eigenvalue weighted by Crippen LogP contribution is 2.25. The van der Waals surface area contributed by atoms with Crippen LogP contribution in [0, 0.1) is 0 Å². The number of benzene rings is 1. The summed E-state index contributed by atoms with van der Waals surface area (Å²) < 4.78 is 0. The molecular formula is C14H19Cl3N2O. The summed E-state index contributed by atoms with van der Waals surface area (Å²) in [5.74, 6) is 0.290. The fraction of sp³-hybridized carbons (Fsp3) is 0.500. The Morgan fingerprint density at radius 3 is 2.80 bits per heavy atom. The van der Waals surface area contributed by atoms with Crippen LogP contribution >= 0.6 is 35.6 Å². The summed E-state index contributed by atoms with van der Waals surface area (Å²) in [6.45, 7) is 3.33. The van der Waals surface area contributed by atoms with Gasteiger partial charge in [0.2, 0.25) is 5.91 Å². The van der Waals surface area contributed by atoms with E-state index in [1.54, 1.807) is 6.07 Å². The van der Waals surface area contributed by atoms with Gasteiger partial charge in [0.25, 0.3) is 0 Å². The van der Waals surface area contributed by atoms with E-state index in [9.17, 15) is 4.79 Å². The van der Waals surface area contributed by atoms with Crippen LogP contribution in [-0.4, -0.2) is 30.4 Å². The molecule has 1 saturated heterocycles. The molecular weight excluding hydrogens is 319 g/mol. The zero-order valence-corrected chi connectivity index (χ0v) is 13.5. The lowest BCUT2D eigenvalue weighted by atomic mass is 10.2. The SMILES string of the molecule is Cl.O=C1CCCN1CCCNCc1cccc(Cl)c1Cl. The van der Waals surface area contributed by atoms with Gasteiger partial charge in [-0.2, -0.15) is 0 Å². The normalized spacial score (nSPS) is 14.5. The number of nitrogens with zero attached hydrogens (tertiary/aromatic N) is 1. The van der Waals surface area contributed by atoms with Crippen molar-refractivity contribution >= 4 is 41.5 Å². The first-order valence-corrected chi connectivity index (χ1v) is 7.35. The van der Waals surface area contributed by atoms with Gasteiger partial charge < -0.3 is 10.2 Å². The molecule has 1 heterocycles. The van der Waals surface area contributed by atoms with Gasteiger partial charge in [-0.15, -0.1) is 12.4 Å². The van der Waals surface area contributed by atoms with Crippen molar-refractivity contribution in [2.24, 2.45) is 0 Å². The topological polar surface area (TPSA) is 32.3 Å². The minimum absolute atomic E-state index is 0. The maximum atomic E-state index is 11.4. The second kappa shape index (κ2) is 8.73. The lowest BCUT2D eigenvalue weighted by Crippen LogP contribution is -2.28. The van der Waals surface area contributed by atoms with Crippen LogP contribution in [0.15, 0.2) is 18.2 Å². The molecule has 1 N–H and O–H groups in total. The minimum Gasteiger partial charge on any atom is -0.343 e. The maximum absolute atomic E-state index is 11.4. The summed E-state index contributed by atoms with van der Waals surface area (Å²) in [6.07, 6.45) is 2.68. The van der Waals surface area contributed by atoms with Gasteiger partial charge >= 0.3 is 0 Å². The lowest BCUT2D eigenvalue weighted by Gasteiger charge is -2.15. The van der Waals surface area contributed by atoms with E-state index in [1.807, 2.05) is 17.0 Å². The highest BCUT2D eigenvalue weighted by Gasteiger charge is 2.18. The van der Waals surface area contributed by atoms with Crippen LogP contribution in [0.3, 0.4) is 0 Å². The van der Waals surface area contributed by atoms with Gasteiger partial charge in [0.05, 0.1) is 10.0 Å². The highest BCUT2D eigenvalue weighted by atomic mass is 35.5. The van der Waals surface area contributed by atoms with Crippen LogP contribution in [0.2, 0.25) is 10.0 Å². The zero-order valence-electron chi connectivity index (χ0n) is 11.2. The molecule has 20 heavy (non-hydrogen) atoms. The molecule has 0 radical (unpaired) electrons. The van der Waals surface area contributed by atoms with Crippen LogP contribution < -0.4 is 5.32 Å². The Hall–Kier alpha value is -0.480. The molecule has 0 atom stereocenters. The summed E-state index contributed by atoms with van der Waals surface area (Å²) in [6, 6.07) is 5.64. The molecule has 1 fully saturated rings. The summed E-state index contributed by atoms with van der Waals surface area (Å²) in [4.78, 5) is 13.4. The number of rotatable bonds is 6. The third kappa shape index (κ3) is 4.81. The van der Waals surface area contributed by atoms with Crippen molar-refractivity contribution < 1.29 is 4.79 Å². The van der Waals surface area contributed by atoms with Crippen LogP contribution in [0.1, 0.15) is 24.8 Å². The Kier molecular flexibility index (Phi) is 7.67. The molecule has 1 aliphatic rings. The van der Waals surface area contributed by atoms with Crippen molar-refractivity contribution in [3.8, 4) is 0 Å². The number of amides is 1. The molecule has 0 bridgehead atoms. The van der Waals surface area contributed by atoms with Crippen molar-refractivity contribution in [3.63, 3.8) is 0 Å². The van der Waals surface area contributed by atoms with Crippen LogP contribution in [0.5, 0.6) is 0 Å². The fourth-order valence-corrected chi connectivity index (χ4v) is 2.63. The van der Waals surface area contributed by atoms with Crippen molar-refractivity contribution in [1.29, 1.82) is 0 Å². The van der Waals surface area contributed by atoms with Gasteiger partial charge in [-0.3, -0.25) is 4.79 Å². The van der Waals surface area contributed by atoms with Crippen LogP contribution in [-0.2, 0) is 11.3 Å². The third-order valence-electron chi connectivity index (χ3n) is 3.30. The van der Waals surface area contributed by atoms with Crippen molar-refractivity contribution in [1.82, 2.24) is 10.2 Å². The van der Waals surface area contributed by atoms with E-state index in [4.69, 9.17) is 23.2 Å². The maximum Gasteiger partial charge on any atom is 0.222 e. The first-order valence-electron chi connectivity index (χ1n) is 6.60. The average molecular weight is 338 g/mol. The smallest absolute Gasteiger partial charge is 0.222 e. The molecule has 6 heteroatoms.